The lowest BCUT2D eigenvalue weighted by Crippen LogP contribution is -2.05. The zero-order valence-electron chi connectivity index (χ0n) is 9.59. The number of rotatable bonds is 7. The first-order valence-corrected chi connectivity index (χ1v) is 7.58. The zero-order chi connectivity index (χ0) is 11.8. The standard InChI is InChI=1S/C13H18Br2O/c1-2-8-16-9-7-12(10-14)11-3-5-13(15)6-4-11/h3-6,12H,2,7-10H2,1H3. The van der Waals surface area contributed by atoms with Crippen molar-refractivity contribution in [1.82, 2.24) is 0 Å². The van der Waals surface area contributed by atoms with Crippen LogP contribution in [0.1, 0.15) is 31.2 Å². The summed E-state index contributed by atoms with van der Waals surface area (Å²) in [4.78, 5) is 0. The third-order valence-corrected chi connectivity index (χ3v) is 3.80. The van der Waals surface area contributed by atoms with Crippen LogP contribution in [0.2, 0.25) is 0 Å². The lowest BCUT2D eigenvalue weighted by atomic mass is 9.98. The maximum Gasteiger partial charge on any atom is 0.0472 e. The lowest BCUT2D eigenvalue weighted by Gasteiger charge is -2.14. The van der Waals surface area contributed by atoms with Crippen molar-refractivity contribution < 1.29 is 4.74 Å². The molecule has 0 spiro atoms. The lowest BCUT2D eigenvalue weighted by molar-refractivity contribution is 0.129. The Morgan fingerprint density at radius 1 is 1.19 bits per heavy atom. The van der Waals surface area contributed by atoms with Crippen LogP contribution >= 0.6 is 31.9 Å². The van der Waals surface area contributed by atoms with Gasteiger partial charge in [-0.25, -0.2) is 0 Å². The molecule has 3 heteroatoms. The largest absolute Gasteiger partial charge is 0.381 e. The predicted octanol–water partition coefficient (Wildman–Crippen LogP) is 4.74. The van der Waals surface area contributed by atoms with Crippen LogP contribution in [0.3, 0.4) is 0 Å². The highest BCUT2D eigenvalue weighted by Crippen LogP contribution is 2.23. The fourth-order valence-electron chi connectivity index (χ4n) is 1.54. The van der Waals surface area contributed by atoms with Gasteiger partial charge in [-0.05, 0) is 36.5 Å². The van der Waals surface area contributed by atoms with Crippen LogP contribution in [0.4, 0.5) is 0 Å². The number of ether oxygens (including phenoxy) is 1. The molecule has 0 aliphatic heterocycles. The molecule has 0 N–H and O–H groups in total. The summed E-state index contributed by atoms with van der Waals surface area (Å²) in [5.74, 6) is 0.546. The van der Waals surface area contributed by atoms with Crippen LogP contribution in [0.25, 0.3) is 0 Å². The first-order chi connectivity index (χ1) is 7.77. The molecule has 1 aromatic rings. The van der Waals surface area contributed by atoms with Crippen molar-refractivity contribution in [3.05, 3.63) is 34.3 Å². The monoisotopic (exact) mass is 348 g/mol. The summed E-state index contributed by atoms with van der Waals surface area (Å²) < 4.78 is 6.66. The first-order valence-electron chi connectivity index (χ1n) is 5.67. The van der Waals surface area contributed by atoms with Gasteiger partial charge in [0.25, 0.3) is 0 Å². The molecule has 0 aromatic heterocycles. The molecule has 1 nitrogen and oxygen atoms in total. The summed E-state index contributed by atoms with van der Waals surface area (Å²) >= 11 is 7.03. The molecule has 0 aliphatic carbocycles. The Morgan fingerprint density at radius 2 is 1.88 bits per heavy atom. The van der Waals surface area contributed by atoms with Gasteiger partial charge >= 0.3 is 0 Å². The summed E-state index contributed by atoms with van der Waals surface area (Å²) in [6, 6.07) is 8.54. The predicted molar refractivity (Wildman–Crippen MR) is 76.4 cm³/mol. The van der Waals surface area contributed by atoms with Gasteiger partial charge in [0.2, 0.25) is 0 Å². The van der Waals surface area contributed by atoms with Crippen LogP contribution in [0.5, 0.6) is 0 Å². The van der Waals surface area contributed by atoms with Crippen LogP contribution in [-0.4, -0.2) is 18.5 Å². The molecule has 16 heavy (non-hydrogen) atoms. The van der Waals surface area contributed by atoms with Gasteiger partial charge < -0.3 is 4.74 Å². The van der Waals surface area contributed by atoms with Crippen molar-refractivity contribution >= 4 is 31.9 Å². The Labute approximate surface area is 115 Å². The molecule has 0 fully saturated rings. The maximum absolute atomic E-state index is 5.53. The van der Waals surface area contributed by atoms with E-state index in [0.717, 1.165) is 35.9 Å². The summed E-state index contributed by atoms with van der Waals surface area (Å²) in [7, 11) is 0. The molecule has 0 saturated carbocycles. The average Bonchev–Trinajstić information content (AvgIpc) is 2.31. The number of alkyl halides is 1. The van der Waals surface area contributed by atoms with Crippen molar-refractivity contribution in [2.45, 2.75) is 25.7 Å². The van der Waals surface area contributed by atoms with Crippen LogP contribution in [0.15, 0.2) is 28.7 Å². The zero-order valence-corrected chi connectivity index (χ0v) is 12.8. The molecule has 0 bridgehead atoms. The van der Waals surface area contributed by atoms with Gasteiger partial charge in [0, 0.05) is 23.0 Å². The minimum absolute atomic E-state index is 0.546. The molecule has 90 valence electrons. The van der Waals surface area contributed by atoms with Crippen molar-refractivity contribution in [3.63, 3.8) is 0 Å². The molecule has 0 amide bonds. The van der Waals surface area contributed by atoms with Gasteiger partial charge in [-0.1, -0.05) is 50.9 Å². The van der Waals surface area contributed by atoms with Crippen molar-refractivity contribution in [3.8, 4) is 0 Å². The molecule has 1 aromatic carbocycles. The maximum atomic E-state index is 5.53. The van der Waals surface area contributed by atoms with E-state index in [1.54, 1.807) is 0 Å². The second-order valence-corrected chi connectivity index (χ2v) is 5.37. The van der Waals surface area contributed by atoms with E-state index in [4.69, 9.17) is 4.74 Å². The van der Waals surface area contributed by atoms with Crippen molar-refractivity contribution in [1.29, 1.82) is 0 Å². The van der Waals surface area contributed by atoms with E-state index in [9.17, 15) is 0 Å². The van der Waals surface area contributed by atoms with Gasteiger partial charge in [0.15, 0.2) is 0 Å². The fourth-order valence-corrected chi connectivity index (χ4v) is 2.50. The third kappa shape index (κ3) is 4.98. The quantitative estimate of drug-likeness (QED) is 0.510. The highest BCUT2D eigenvalue weighted by Gasteiger charge is 2.09. The molecular weight excluding hydrogens is 332 g/mol. The van der Waals surface area contributed by atoms with Gasteiger partial charge in [-0.15, -0.1) is 0 Å². The highest BCUT2D eigenvalue weighted by atomic mass is 79.9. The van der Waals surface area contributed by atoms with Gasteiger partial charge in [0.1, 0.15) is 0 Å². The minimum atomic E-state index is 0.546. The van der Waals surface area contributed by atoms with Crippen LogP contribution < -0.4 is 0 Å². The van der Waals surface area contributed by atoms with E-state index in [1.807, 2.05) is 0 Å². The molecule has 0 saturated heterocycles. The minimum Gasteiger partial charge on any atom is -0.381 e. The fraction of sp³-hybridized carbons (Fsp3) is 0.538. The normalized spacial score (nSPS) is 12.7. The SMILES string of the molecule is CCCOCCC(CBr)c1ccc(Br)cc1. The Balaban J connectivity index is 2.44. The molecule has 0 radical (unpaired) electrons. The summed E-state index contributed by atoms with van der Waals surface area (Å²) in [5, 5.41) is 0.990. The van der Waals surface area contributed by atoms with Crippen molar-refractivity contribution in [2.24, 2.45) is 0 Å². The average molecular weight is 350 g/mol. The number of hydrogen-bond acceptors (Lipinski definition) is 1. The number of hydrogen-bond donors (Lipinski definition) is 0. The Kier molecular flexibility index (Phi) is 7.33. The summed E-state index contributed by atoms with van der Waals surface area (Å²) in [5.41, 5.74) is 1.38. The molecule has 1 unspecified atom stereocenters. The highest BCUT2D eigenvalue weighted by molar-refractivity contribution is 9.10. The van der Waals surface area contributed by atoms with E-state index < -0.39 is 0 Å². The number of benzene rings is 1. The molecule has 1 rings (SSSR count). The van der Waals surface area contributed by atoms with Gasteiger partial charge in [-0.3, -0.25) is 0 Å². The van der Waals surface area contributed by atoms with Gasteiger partial charge in [-0.2, -0.15) is 0 Å². The Morgan fingerprint density at radius 3 is 2.44 bits per heavy atom. The van der Waals surface area contributed by atoms with Crippen molar-refractivity contribution in [2.75, 3.05) is 18.5 Å². The second kappa shape index (κ2) is 8.26. The Hall–Kier alpha value is 0.140. The molecule has 1 atom stereocenters. The van der Waals surface area contributed by atoms with Gasteiger partial charge in [0.05, 0.1) is 0 Å². The van der Waals surface area contributed by atoms with E-state index in [2.05, 4.69) is 63.0 Å². The Bertz CT molecular complexity index is 284. The first kappa shape index (κ1) is 14.2. The van der Waals surface area contributed by atoms with E-state index in [0.29, 0.717) is 5.92 Å². The number of halogens is 2. The second-order valence-electron chi connectivity index (χ2n) is 3.80. The van der Waals surface area contributed by atoms with E-state index >= 15 is 0 Å². The molecule has 0 aliphatic rings. The molecular formula is C13H18Br2O. The summed E-state index contributed by atoms with van der Waals surface area (Å²) in [6.07, 6.45) is 2.17. The smallest absolute Gasteiger partial charge is 0.0472 e. The molecule has 0 heterocycles. The summed E-state index contributed by atoms with van der Waals surface area (Å²) in [6.45, 7) is 3.85. The third-order valence-electron chi connectivity index (χ3n) is 2.49. The van der Waals surface area contributed by atoms with E-state index in [-0.39, 0.29) is 0 Å². The van der Waals surface area contributed by atoms with Crippen LogP contribution in [-0.2, 0) is 4.74 Å². The van der Waals surface area contributed by atoms with E-state index in [1.165, 1.54) is 5.56 Å². The van der Waals surface area contributed by atoms with Crippen LogP contribution in [0, 0.1) is 0 Å². The topological polar surface area (TPSA) is 9.23 Å².